The molecule has 0 bridgehead atoms. The first-order chi connectivity index (χ1) is 14.4. The third-order valence-electron chi connectivity index (χ3n) is 5.24. The van der Waals surface area contributed by atoms with Crippen LogP contribution in [0.4, 0.5) is 0 Å². The first-order valence-electron chi connectivity index (χ1n) is 9.90. The van der Waals surface area contributed by atoms with Gasteiger partial charge < -0.3 is 0 Å². The molecule has 2 aromatic carbocycles. The molecule has 5 nitrogen and oxygen atoms in total. The second kappa shape index (κ2) is 9.78. The van der Waals surface area contributed by atoms with Crippen LogP contribution in [0.15, 0.2) is 84.0 Å². The number of rotatable bonds is 9. The maximum atomic E-state index is 13.0. The standard InChI is InChI=1S/C24H26N2O3S/c1-19(22-8-4-3-5-9-22)26(2)30(28,29)24-14-11-20(12-15-24)17-23(27)13-10-21-7-6-16-25-18-21/h3-9,11-12,14-16,18-19H,10,13,17H2,1-2H3/t19-/m1/s1. The van der Waals surface area contributed by atoms with Crippen LogP contribution in [0.1, 0.15) is 36.1 Å². The Balaban J connectivity index is 1.63. The Hall–Kier alpha value is -2.83. The maximum Gasteiger partial charge on any atom is 0.243 e. The van der Waals surface area contributed by atoms with E-state index in [9.17, 15) is 13.2 Å². The minimum atomic E-state index is -3.64. The van der Waals surface area contributed by atoms with Gasteiger partial charge in [0.25, 0.3) is 0 Å². The molecule has 1 atom stereocenters. The van der Waals surface area contributed by atoms with Crippen molar-refractivity contribution in [3.05, 3.63) is 95.8 Å². The minimum absolute atomic E-state index is 0.115. The Morgan fingerprint density at radius 1 is 0.967 bits per heavy atom. The van der Waals surface area contributed by atoms with Gasteiger partial charge in [0.2, 0.25) is 10.0 Å². The Morgan fingerprint density at radius 2 is 1.67 bits per heavy atom. The van der Waals surface area contributed by atoms with E-state index < -0.39 is 10.0 Å². The van der Waals surface area contributed by atoms with Gasteiger partial charge in [-0.05, 0) is 48.2 Å². The summed E-state index contributed by atoms with van der Waals surface area (Å²) in [5.74, 6) is 0.115. The average molecular weight is 423 g/mol. The van der Waals surface area contributed by atoms with Gasteiger partial charge in [0.1, 0.15) is 5.78 Å². The highest BCUT2D eigenvalue weighted by Gasteiger charge is 2.26. The van der Waals surface area contributed by atoms with Crippen molar-refractivity contribution in [2.45, 2.75) is 37.1 Å². The lowest BCUT2D eigenvalue weighted by atomic mass is 10.0. The van der Waals surface area contributed by atoms with Crippen molar-refractivity contribution in [3.8, 4) is 0 Å². The van der Waals surface area contributed by atoms with E-state index in [0.717, 1.165) is 16.7 Å². The number of carbonyl (C=O) groups excluding carboxylic acids is 1. The van der Waals surface area contributed by atoms with Gasteiger partial charge in [0.05, 0.1) is 4.90 Å². The summed E-state index contributed by atoms with van der Waals surface area (Å²) in [6, 6.07) is 19.6. The highest BCUT2D eigenvalue weighted by molar-refractivity contribution is 7.89. The van der Waals surface area contributed by atoms with E-state index in [1.54, 1.807) is 43.7 Å². The van der Waals surface area contributed by atoms with Gasteiger partial charge >= 0.3 is 0 Å². The van der Waals surface area contributed by atoms with Gasteiger partial charge in [-0.1, -0.05) is 48.5 Å². The molecule has 30 heavy (non-hydrogen) atoms. The quantitative estimate of drug-likeness (QED) is 0.518. The van der Waals surface area contributed by atoms with Crippen LogP contribution in [0, 0.1) is 0 Å². The Bertz CT molecular complexity index is 1070. The van der Waals surface area contributed by atoms with Crippen molar-refractivity contribution < 1.29 is 13.2 Å². The van der Waals surface area contributed by atoms with Gasteiger partial charge in [-0.2, -0.15) is 4.31 Å². The lowest BCUT2D eigenvalue weighted by Crippen LogP contribution is -2.29. The predicted molar refractivity (Wildman–Crippen MR) is 118 cm³/mol. The summed E-state index contributed by atoms with van der Waals surface area (Å²) in [4.78, 5) is 16.5. The molecule has 0 aliphatic rings. The maximum absolute atomic E-state index is 13.0. The number of benzene rings is 2. The summed E-state index contributed by atoms with van der Waals surface area (Å²) in [6.07, 6.45) is 4.85. The fourth-order valence-electron chi connectivity index (χ4n) is 3.24. The van der Waals surface area contributed by atoms with Gasteiger partial charge in [0.15, 0.2) is 0 Å². The molecule has 0 spiro atoms. The Morgan fingerprint density at radius 3 is 2.30 bits per heavy atom. The van der Waals surface area contributed by atoms with E-state index in [0.29, 0.717) is 12.8 Å². The zero-order valence-corrected chi connectivity index (χ0v) is 18.0. The average Bonchev–Trinajstić information content (AvgIpc) is 2.78. The van der Waals surface area contributed by atoms with Gasteiger partial charge in [-0.3, -0.25) is 9.78 Å². The highest BCUT2D eigenvalue weighted by atomic mass is 32.2. The molecule has 0 saturated heterocycles. The number of hydrogen-bond donors (Lipinski definition) is 0. The third-order valence-corrected chi connectivity index (χ3v) is 7.19. The molecule has 0 fully saturated rings. The predicted octanol–water partition coefficient (Wildman–Crippen LogP) is 4.21. The molecule has 0 amide bonds. The van der Waals surface area contributed by atoms with Gasteiger partial charge in [0, 0.05) is 38.3 Å². The minimum Gasteiger partial charge on any atom is -0.299 e. The van der Waals surface area contributed by atoms with Crippen LogP contribution >= 0.6 is 0 Å². The van der Waals surface area contributed by atoms with Crippen molar-refractivity contribution in [1.29, 1.82) is 0 Å². The Kier molecular flexibility index (Phi) is 7.13. The summed E-state index contributed by atoms with van der Waals surface area (Å²) in [5, 5.41) is 0. The SMILES string of the molecule is C[C@H](c1ccccc1)N(C)S(=O)(=O)c1ccc(CC(=O)CCc2cccnc2)cc1. The summed E-state index contributed by atoms with van der Waals surface area (Å²) in [5.41, 5.74) is 2.77. The fraction of sp³-hybridized carbons (Fsp3) is 0.250. The van der Waals surface area contributed by atoms with Crippen LogP contribution in [-0.2, 0) is 27.7 Å². The molecule has 0 aliphatic carbocycles. The number of aromatic nitrogens is 1. The number of ketones is 1. The molecule has 0 radical (unpaired) electrons. The van der Waals surface area contributed by atoms with Crippen LogP contribution in [0.25, 0.3) is 0 Å². The van der Waals surface area contributed by atoms with Crippen LogP contribution in [-0.4, -0.2) is 30.5 Å². The number of aryl methyl sites for hydroxylation is 1. The number of hydrogen-bond acceptors (Lipinski definition) is 4. The van der Waals surface area contributed by atoms with Crippen molar-refractivity contribution in [1.82, 2.24) is 9.29 Å². The second-order valence-corrected chi connectivity index (χ2v) is 9.33. The molecule has 1 aromatic heterocycles. The smallest absolute Gasteiger partial charge is 0.243 e. The number of Topliss-reactive ketones (excluding diaryl/α,β-unsaturated/α-hetero) is 1. The normalized spacial score (nSPS) is 12.6. The van der Waals surface area contributed by atoms with E-state index in [1.165, 1.54) is 4.31 Å². The van der Waals surface area contributed by atoms with E-state index in [2.05, 4.69) is 4.98 Å². The van der Waals surface area contributed by atoms with Crippen LogP contribution in [0.2, 0.25) is 0 Å². The summed E-state index contributed by atoms with van der Waals surface area (Å²) < 4.78 is 27.4. The lowest BCUT2D eigenvalue weighted by Gasteiger charge is -2.24. The summed E-state index contributed by atoms with van der Waals surface area (Å²) in [6.45, 7) is 1.86. The largest absolute Gasteiger partial charge is 0.299 e. The first kappa shape index (κ1) is 21.9. The van der Waals surface area contributed by atoms with E-state index in [4.69, 9.17) is 0 Å². The fourth-order valence-corrected chi connectivity index (χ4v) is 4.59. The highest BCUT2D eigenvalue weighted by Crippen LogP contribution is 2.25. The molecule has 0 saturated carbocycles. The molecule has 3 aromatic rings. The van der Waals surface area contributed by atoms with Crippen LogP contribution in [0.3, 0.4) is 0 Å². The van der Waals surface area contributed by atoms with Crippen LogP contribution in [0.5, 0.6) is 0 Å². The van der Waals surface area contributed by atoms with Gasteiger partial charge in [-0.25, -0.2) is 8.42 Å². The topological polar surface area (TPSA) is 67.3 Å². The van der Waals surface area contributed by atoms with Crippen molar-refractivity contribution >= 4 is 15.8 Å². The molecule has 0 aliphatic heterocycles. The number of nitrogens with zero attached hydrogens (tertiary/aromatic N) is 2. The molecule has 6 heteroatoms. The molecular weight excluding hydrogens is 396 g/mol. The Labute approximate surface area is 178 Å². The molecule has 156 valence electrons. The monoisotopic (exact) mass is 422 g/mol. The van der Waals surface area contributed by atoms with Gasteiger partial charge in [-0.15, -0.1) is 0 Å². The molecule has 1 heterocycles. The summed E-state index contributed by atoms with van der Waals surface area (Å²) in [7, 11) is -2.05. The van der Waals surface area contributed by atoms with Crippen LogP contribution < -0.4 is 0 Å². The third kappa shape index (κ3) is 5.40. The number of pyridine rings is 1. The number of sulfonamides is 1. The molecule has 0 unspecified atom stereocenters. The zero-order chi connectivity index (χ0) is 21.6. The zero-order valence-electron chi connectivity index (χ0n) is 17.2. The van der Waals surface area contributed by atoms with Crippen molar-refractivity contribution in [3.63, 3.8) is 0 Å². The lowest BCUT2D eigenvalue weighted by molar-refractivity contribution is -0.118. The molecule has 3 rings (SSSR count). The number of carbonyl (C=O) groups is 1. The van der Waals surface area contributed by atoms with Crippen molar-refractivity contribution in [2.24, 2.45) is 0 Å². The second-order valence-electron chi connectivity index (χ2n) is 7.33. The molecular formula is C24H26N2O3S. The van der Waals surface area contributed by atoms with E-state index in [1.807, 2.05) is 49.4 Å². The van der Waals surface area contributed by atoms with E-state index >= 15 is 0 Å². The summed E-state index contributed by atoms with van der Waals surface area (Å²) >= 11 is 0. The molecule has 0 N–H and O–H groups in total. The van der Waals surface area contributed by atoms with Crippen molar-refractivity contribution in [2.75, 3.05) is 7.05 Å². The first-order valence-corrected chi connectivity index (χ1v) is 11.3. The van der Waals surface area contributed by atoms with E-state index in [-0.39, 0.29) is 23.1 Å².